The summed E-state index contributed by atoms with van der Waals surface area (Å²) in [6.45, 7) is 0. The maximum absolute atomic E-state index is 12.9. The summed E-state index contributed by atoms with van der Waals surface area (Å²) < 4.78 is 35.2. The van der Waals surface area contributed by atoms with Gasteiger partial charge in [-0.15, -0.1) is 0 Å². The summed E-state index contributed by atoms with van der Waals surface area (Å²) in [5.41, 5.74) is 8.19. The SMILES string of the molecule is COc1ccc(S(=O)(=O)Nc2cccc(-c3cn(C)c4ncnc(N)c34)c2Cl)cc1Cl. The van der Waals surface area contributed by atoms with Crippen LogP contribution in [0.4, 0.5) is 11.5 Å². The second kappa shape index (κ2) is 7.92. The van der Waals surface area contributed by atoms with Crippen molar-refractivity contribution in [3.63, 3.8) is 0 Å². The predicted octanol–water partition coefficient (Wildman–Crippen LogP) is 4.33. The Balaban J connectivity index is 1.78. The van der Waals surface area contributed by atoms with Gasteiger partial charge in [-0.3, -0.25) is 4.72 Å². The van der Waals surface area contributed by atoms with Crippen molar-refractivity contribution in [1.29, 1.82) is 0 Å². The van der Waals surface area contributed by atoms with Crippen LogP contribution in [-0.4, -0.2) is 30.1 Å². The van der Waals surface area contributed by atoms with Crippen molar-refractivity contribution < 1.29 is 13.2 Å². The van der Waals surface area contributed by atoms with Gasteiger partial charge in [0.25, 0.3) is 10.0 Å². The number of nitrogens with two attached hydrogens (primary N) is 1. The summed E-state index contributed by atoms with van der Waals surface area (Å²) >= 11 is 12.7. The van der Waals surface area contributed by atoms with Crippen molar-refractivity contribution in [2.75, 3.05) is 17.6 Å². The third-order valence-electron chi connectivity index (χ3n) is 4.75. The monoisotopic (exact) mass is 477 g/mol. The summed E-state index contributed by atoms with van der Waals surface area (Å²) in [4.78, 5) is 8.29. The maximum Gasteiger partial charge on any atom is 0.261 e. The third-order valence-corrected chi connectivity index (χ3v) is 6.82. The number of aryl methyl sites for hydroxylation is 1. The Hall–Kier alpha value is -3.01. The molecule has 4 aromatic rings. The van der Waals surface area contributed by atoms with Crippen LogP contribution in [0.1, 0.15) is 0 Å². The molecule has 0 unspecified atom stereocenters. The van der Waals surface area contributed by atoms with Gasteiger partial charge in [-0.05, 0) is 24.3 Å². The van der Waals surface area contributed by atoms with Crippen LogP contribution in [0.25, 0.3) is 22.2 Å². The number of nitrogens with zero attached hydrogens (tertiary/aromatic N) is 3. The lowest BCUT2D eigenvalue weighted by atomic mass is 10.1. The van der Waals surface area contributed by atoms with Crippen LogP contribution in [0.5, 0.6) is 5.75 Å². The molecule has 0 fully saturated rings. The fourth-order valence-corrected chi connectivity index (χ4v) is 5.03. The van der Waals surface area contributed by atoms with Gasteiger partial charge in [0, 0.05) is 24.4 Å². The summed E-state index contributed by atoms with van der Waals surface area (Å²) in [6, 6.07) is 9.22. The number of benzene rings is 2. The van der Waals surface area contributed by atoms with Gasteiger partial charge < -0.3 is 15.0 Å². The molecular weight excluding hydrogens is 461 g/mol. The molecule has 0 spiro atoms. The van der Waals surface area contributed by atoms with Gasteiger partial charge in [-0.25, -0.2) is 18.4 Å². The second-order valence-corrected chi connectivity index (χ2v) is 9.15. The molecule has 2 aromatic heterocycles. The molecule has 2 aromatic carbocycles. The number of rotatable bonds is 5. The van der Waals surface area contributed by atoms with Crippen molar-refractivity contribution in [1.82, 2.24) is 14.5 Å². The second-order valence-electron chi connectivity index (χ2n) is 6.68. The lowest BCUT2D eigenvalue weighted by molar-refractivity contribution is 0.414. The average molecular weight is 478 g/mol. The first-order chi connectivity index (χ1) is 14.7. The van der Waals surface area contributed by atoms with Crippen LogP contribution in [0, 0.1) is 0 Å². The summed E-state index contributed by atoms with van der Waals surface area (Å²) in [5, 5.41) is 1.02. The molecule has 0 radical (unpaired) electrons. The molecule has 0 amide bonds. The Morgan fingerprint density at radius 3 is 2.61 bits per heavy atom. The van der Waals surface area contributed by atoms with Gasteiger partial charge in [-0.1, -0.05) is 35.3 Å². The Bertz CT molecular complexity index is 1420. The van der Waals surface area contributed by atoms with E-state index < -0.39 is 10.0 Å². The van der Waals surface area contributed by atoms with E-state index in [1.54, 1.807) is 22.8 Å². The summed E-state index contributed by atoms with van der Waals surface area (Å²) in [7, 11) is -0.683. The highest BCUT2D eigenvalue weighted by molar-refractivity contribution is 7.92. The van der Waals surface area contributed by atoms with E-state index >= 15 is 0 Å². The average Bonchev–Trinajstić information content (AvgIpc) is 3.07. The molecule has 0 bridgehead atoms. The molecule has 160 valence electrons. The molecule has 31 heavy (non-hydrogen) atoms. The zero-order valence-corrected chi connectivity index (χ0v) is 18.8. The molecule has 0 aliphatic carbocycles. The van der Waals surface area contributed by atoms with E-state index in [1.165, 1.54) is 31.6 Å². The normalized spacial score (nSPS) is 11.6. The molecule has 0 saturated heterocycles. The van der Waals surface area contributed by atoms with Crippen molar-refractivity contribution in [2.24, 2.45) is 7.05 Å². The Labute approximate surface area is 188 Å². The Kier molecular flexibility index (Phi) is 5.42. The predicted molar refractivity (Wildman–Crippen MR) is 122 cm³/mol. The number of sulfonamides is 1. The van der Waals surface area contributed by atoms with Crippen molar-refractivity contribution >= 4 is 55.8 Å². The van der Waals surface area contributed by atoms with Crippen molar-refractivity contribution in [2.45, 2.75) is 4.90 Å². The van der Waals surface area contributed by atoms with E-state index in [9.17, 15) is 8.42 Å². The topological polar surface area (TPSA) is 112 Å². The van der Waals surface area contributed by atoms with E-state index in [1.807, 2.05) is 13.2 Å². The first-order valence-corrected chi connectivity index (χ1v) is 11.2. The maximum atomic E-state index is 12.9. The first kappa shape index (κ1) is 21.2. The Morgan fingerprint density at radius 1 is 1.13 bits per heavy atom. The number of halogens is 2. The van der Waals surface area contributed by atoms with Gasteiger partial charge in [-0.2, -0.15) is 0 Å². The van der Waals surface area contributed by atoms with E-state index in [0.29, 0.717) is 33.7 Å². The van der Waals surface area contributed by atoms with E-state index in [2.05, 4.69) is 14.7 Å². The van der Waals surface area contributed by atoms with Gasteiger partial charge in [0.1, 0.15) is 23.5 Å². The number of aromatic nitrogens is 3. The number of nitrogens with one attached hydrogen (secondary N) is 1. The van der Waals surface area contributed by atoms with Crippen LogP contribution in [0.3, 0.4) is 0 Å². The minimum Gasteiger partial charge on any atom is -0.495 e. The fraction of sp³-hybridized carbons (Fsp3) is 0.100. The smallest absolute Gasteiger partial charge is 0.261 e. The summed E-state index contributed by atoms with van der Waals surface area (Å²) in [6.07, 6.45) is 3.20. The zero-order valence-electron chi connectivity index (χ0n) is 16.4. The quantitative estimate of drug-likeness (QED) is 0.442. The van der Waals surface area contributed by atoms with Gasteiger partial charge >= 0.3 is 0 Å². The number of methoxy groups -OCH3 is 1. The largest absolute Gasteiger partial charge is 0.495 e. The number of fused-ring (bicyclic) bond motifs is 1. The van der Waals surface area contributed by atoms with Crippen LogP contribution in [0.15, 0.2) is 53.8 Å². The number of hydrogen-bond donors (Lipinski definition) is 2. The van der Waals surface area contributed by atoms with Crippen molar-refractivity contribution in [3.8, 4) is 16.9 Å². The lowest BCUT2D eigenvalue weighted by Gasteiger charge is -2.13. The van der Waals surface area contributed by atoms with E-state index in [0.717, 1.165) is 0 Å². The highest BCUT2D eigenvalue weighted by atomic mass is 35.5. The van der Waals surface area contributed by atoms with Crippen LogP contribution >= 0.6 is 23.2 Å². The molecule has 0 saturated carbocycles. The third kappa shape index (κ3) is 3.76. The van der Waals surface area contributed by atoms with E-state index in [4.69, 9.17) is 33.7 Å². The van der Waals surface area contributed by atoms with Crippen LogP contribution in [0.2, 0.25) is 10.0 Å². The molecule has 8 nitrogen and oxygen atoms in total. The molecule has 4 rings (SSSR count). The fourth-order valence-electron chi connectivity index (χ4n) is 3.28. The van der Waals surface area contributed by atoms with Gasteiger partial charge in [0.2, 0.25) is 0 Å². The highest BCUT2D eigenvalue weighted by Gasteiger charge is 2.21. The van der Waals surface area contributed by atoms with Crippen LogP contribution < -0.4 is 15.2 Å². The lowest BCUT2D eigenvalue weighted by Crippen LogP contribution is -2.13. The Morgan fingerprint density at radius 2 is 1.90 bits per heavy atom. The summed E-state index contributed by atoms with van der Waals surface area (Å²) in [5.74, 6) is 0.673. The number of ether oxygens (including phenoxy) is 1. The molecule has 0 aliphatic heterocycles. The first-order valence-electron chi connectivity index (χ1n) is 8.93. The molecule has 2 heterocycles. The van der Waals surface area contributed by atoms with Gasteiger partial charge in [0.05, 0.1) is 33.1 Å². The minimum atomic E-state index is -3.96. The molecule has 0 aliphatic rings. The minimum absolute atomic E-state index is 0.0254. The molecule has 3 N–H and O–H groups in total. The van der Waals surface area contributed by atoms with Gasteiger partial charge in [0.15, 0.2) is 0 Å². The van der Waals surface area contributed by atoms with Crippen LogP contribution in [-0.2, 0) is 17.1 Å². The standard InChI is InChI=1S/C20H17Cl2N5O3S/c1-27-9-13(17-19(23)24-10-25-20(17)27)12-4-3-5-15(18(12)22)26-31(28,29)11-6-7-16(30-2)14(21)8-11/h3-10,26H,1-2H3,(H2,23,24,25). The number of hydrogen-bond acceptors (Lipinski definition) is 6. The molecular formula is C20H17Cl2N5O3S. The zero-order chi connectivity index (χ0) is 22.3. The number of nitrogen functional groups attached to an aromatic ring is 1. The molecule has 0 atom stereocenters. The van der Waals surface area contributed by atoms with E-state index in [-0.39, 0.29) is 20.6 Å². The molecule has 11 heteroatoms. The van der Waals surface area contributed by atoms with Crippen molar-refractivity contribution in [3.05, 3.63) is 59.0 Å². The number of anilines is 2. The highest BCUT2D eigenvalue weighted by Crippen LogP contribution is 2.40.